The fourth-order valence-electron chi connectivity index (χ4n) is 1.66. The van der Waals surface area contributed by atoms with Crippen molar-refractivity contribution in [2.24, 2.45) is 0 Å². The van der Waals surface area contributed by atoms with Crippen LogP contribution in [0.25, 0.3) is 0 Å². The Balaban J connectivity index is 1.80. The molecule has 21 heavy (non-hydrogen) atoms. The maximum absolute atomic E-state index is 10.8. The molecule has 1 N–H and O–H groups in total. The minimum atomic E-state index is -0.991. The number of nitrogens with zero attached hydrogens (tertiary/aromatic N) is 1. The summed E-state index contributed by atoms with van der Waals surface area (Å²) in [5.74, 6) is 0.143. The van der Waals surface area contributed by atoms with Crippen LogP contribution in [0.4, 0.5) is 0 Å². The quantitative estimate of drug-likeness (QED) is 0.824. The number of carboxylic acids is 1. The highest BCUT2D eigenvalue weighted by molar-refractivity contribution is 5.87. The Morgan fingerprint density at radius 1 is 1.05 bits per heavy atom. The molecule has 106 valence electrons. The number of benzene rings is 2. The number of hydrogen-bond acceptors (Lipinski definition) is 4. The summed E-state index contributed by atoms with van der Waals surface area (Å²) in [6, 6.07) is 15.1. The van der Waals surface area contributed by atoms with Gasteiger partial charge in [-0.25, -0.2) is 4.79 Å². The molecule has 0 aromatic heterocycles. The van der Waals surface area contributed by atoms with Gasteiger partial charge >= 0.3 is 5.97 Å². The maximum Gasteiger partial charge on any atom is 0.335 e. The Labute approximate surface area is 122 Å². The molecule has 5 nitrogen and oxygen atoms in total. The van der Waals surface area contributed by atoms with Crippen LogP contribution in [-0.2, 0) is 0 Å². The lowest BCUT2D eigenvalue weighted by Gasteiger charge is -2.08. The highest BCUT2D eigenvalue weighted by Gasteiger charge is 2.03. The van der Waals surface area contributed by atoms with Gasteiger partial charge in [-0.2, -0.15) is 5.26 Å². The van der Waals surface area contributed by atoms with Crippen molar-refractivity contribution in [2.75, 3.05) is 13.2 Å². The smallest absolute Gasteiger partial charge is 0.335 e. The van der Waals surface area contributed by atoms with Gasteiger partial charge in [-0.1, -0.05) is 6.07 Å². The number of hydrogen-bond donors (Lipinski definition) is 1. The summed E-state index contributed by atoms with van der Waals surface area (Å²) in [7, 11) is 0. The van der Waals surface area contributed by atoms with E-state index in [1.165, 1.54) is 12.1 Å². The normalized spacial score (nSPS) is 9.67. The van der Waals surface area contributed by atoms with E-state index in [0.717, 1.165) is 0 Å². The van der Waals surface area contributed by atoms with Crippen LogP contribution >= 0.6 is 0 Å². The van der Waals surface area contributed by atoms with Crippen molar-refractivity contribution in [3.8, 4) is 17.6 Å². The first kappa shape index (κ1) is 14.4. The number of ether oxygens (including phenoxy) is 2. The molecule has 5 heteroatoms. The van der Waals surface area contributed by atoms with Crippen LogP contribution in [0.1, 0.15) is 15.9 Å². The number of carboxylic acid groups (broad SMARTS) is 1. The zero-order chi connectivity index (χ0) is 15.1. The summed E-state index contributed by atoms with van der Waals surface area (Å²) in [5, 5.41) is 17.5. The van der Waals surface area contributed by atoms with E-state index in [1.807, 2.05) is 6.07 Å². The molecule has 0 amide bonds. The molecule has 0 unspecified atom stereocenters. The van der Waals surface area contributed by atoms with E-state index in [9.17, 15) is 4.79 Å². The Kier molecular flexibility index (Phi) is 4.78. The molecular formula is C16H13NO4. The number of rotatable bonds is 6. The van der Waals surface area contributed by atoms with Crippen LogP contribution in [0.3, 0.4) is 0 Å². The lowest BCUT2D eigenvalue weighted by atomic mass is 10.2. The van der Waals surface area contributed by atoms with Crippen molar-refractivity contribution in [2.45, 2.75) is 0 Å². The molecule has 2 aromatic carbocycles. The van der Waals surface area contributed by atoms with Crippen molar-refractivity contribution in [1.29, 1.82) is 5.26 Å². The predicted octanol–water partition coefficient (Wildman–Crippen LogP) is 2.71. The van der Waals surface area contributed by atoms with Crippen LogP contribution in [0.2, 0.25) is 0 Å². The molecule has 2 aromatic rings. The van der Waals surface area contributed by atoms with Gasteiger partial charge in [0.2, 0.25) is 0 Å². The summed E-state index contributed by atoms with van der Waals surface area (Å²) >= 11 is 0. The maximum atomic E-state index is 10.8. The van der Waals surface area contributed by atoms with Gasteiger partial charge in [0, 0.05) is 0 Å². The van der Waals surface area contributed by atoms with Crippen LogP contribution < -0.4 is 9.47 Å². The second-order valence-electron chi connectivity index (χ2n) is 4.17. The summed E-state index contributed by atoms with van der Waals surface area (Å²) in [6.45, 7) is 0.617. The Bertz CT molecular complexity index is 659. The highest BCUT2D eigenvalue weighted by Crippen LogP contribution is 2.14. The van der Waals surface area contributed by atoms with Crippen LogP contribution in [0.5, 0.6) is 11.5 Å². The molecular weight excluding hydrogens is 270 g/mol. The second kappa shape index (κ2) is 6.96. The molecule has 0 aliphatic carbocycles. The standard InChI is InChI=1S/C16H13NO4/c17-11-12-4-6-14(7-5-12)20-8-9-21-15-3-1-2-13(10-15)16(18)19/h1-7,10H,8-9H2,(H,18,19). The fraction of sp³-hybridized carbons (Fsp3) is 0.125. The zero-order valence-electron chi connectivity index (χ0n) is 11.2. The van der Waals surface area contributed by atoms with Crippen LogP contribution in [0.15, 0.2) is 48.5 Å². The van der Waals surface area contributed by atoms with E-state index in [-0.39, 0.29) is 5.56 Å². The summed E-state index contributed by atoms with van der Waals surface area (Å²) in [4.78, 5) is 10.8. The van der Waals surface area contributed by atoms with Gasteiger partial charge in [0.1, 0.15) is 24.7 Å². The third-order valence-electron chi connectivity index (χ3n) is 2.69. The van der Waals surface area contributed by atoms with E-state index < -0.39 is 5.97 Å². The van der Waals surface area contributed by atoms with Crippen LogP contribution in [0, 0.1) is 11.3 Å². The van der Waals surface area contributed by atoms with Gasteiger partial charge < -0.3 is 14.6 Å². The minimum absolute atomic E-state index is 0.181. The van der Waals surface area contributed by atoms with E-state index in [2.05, 4.69) is 0 Å². The van der Waals surface area contributed by atoms with Gasteiger partial charge in [0.15, 0.2) is 0 Å². The first-order valence-corrected chi connectivity index (χ1v) is 6.28. The summed E-state index contributed by atoms with van der Waals surface area (Å²) in [5.41, 5.74) is 0.754. The van der Waals surface area contributed by atoms with Crippen molar-refractivity contribution in [3.63, 3.8) is 0 Å². The van der Waals surface area contributed by atoms with Gasteiger partial charge in [0.25, 0.3) is 0 Å². The van der Waals surface area contributed by atoms with Gasteiger partial charge in [-0.3, -0.25) is 0 Å². The third kappa shape index (κ3) is 4.25. The van der Waals surface area contributed by atoms with Crippen molar-refractivity contribution >= 4 is 5.97 Å². The van der Waals surface area contributed by atoms with Gasteiger partial charge in [-0.15, -0.1) is 0 Å². The number of aromatic carboxylic acids is 1. The largest absolute Gasteiger partial charge is 0.490 e. The molecule has 2 rings (SSSR count). The van der Waals surface area contributed by atoms with E-state index in [1.54, 1.807) is 36.4 Å². The molecule has 0 atom stereocenters. The monoisotopic (exact) mass is 283 g/mol. The predicted molar refractivity (Wildman–Crippen MR) is 75.5 cm³/mol. The Hall–Kier alpha value is -3.00. The van der Waals surface area contributed by atoms with Crippen LogP contribution in [-0.4, -0.2) is 24.3 Å². The number of nitriles is 1. The topological polar surface area (TPSA) is 79.5 Å². The lowest BCUT2D eigenvalue weighted by Crippen LogP contribution is -2.09. The fourth-order valence-corrected chi connectivity index (χ4v) is 1.66. The first-order chi connectivity index (χ1) is 10.2. The third-order valence-corrected chi connectivity index (χ3v) is 2.69. The van der Waals surface area contributed by atoms with E-state index in [0.29, 0.717) is 30.3 Å². The molecule has 0 saturated carbocycles. The molecule has 0 spiro atoms. The average Bonchev–Trinajstić information content (AvgIpc) is 2.52. The number of carbonyl (C=O) groups is 1. The highest BCUT2D eigenvalue weighted by atomic mass is 16.5. The Morgan fingerprint density at radius 3 is 2.33 bits per heavy atom. The molecule has 0 radical (unpaired) electrons. The molecule has 0 bridgehead atoms. The SMILES string of the molecule is N#Cc1ccc(OCCOc2cccc(C(=O)O)c2)cc1. The average molecular weight is 283 g/mol. The van der Waals surface area contributed by atoms with E-state index in [4.69, 9.17) is 19.8 Å². The molecule has 0 fully saturated rings. The van der Waals surface area contributed by atoms with Crippen molar-refractivity contribution in [3.05, 3.63) is 59.7 Å². The van der Waals surface area contributed by atoms with Gasteiger partial charge in [0.05, 0.1) is 17.2 Å². The Morgan fingerprint density at radius 2 is 1.71 bits per heavy atom. The molecule has 0 aliphatic rings. The molecule has 0 saturated heterocycles. The second-order valence-corrected chi connectivity index (χ2v) is 4.17. The van der Waals surface area contributed by atoms with Gasteiger partial charge in [-0.05, 0) is 42.5 Å². The summed E-state index contributed by atoms with van der Waals surface area (Å²) < 4.78 is 10.9. The van der Waals surface area contributed by atoms with Crippen molar-refractivity contribution in [1.82, 2.24) is 0 Å². The lowest BCUT2D eigenvalue weighted by molar-refractivity contribution is 0.0696. The molecule has 0 aliphatic heterocycles. The zero-order valence-corrected chi connectivity index (χ0v) is 11.2. The minimum Gasteiger partial charge on any atom is -0.490 e. The molecule has 0 heterocycles. The first-order valence-electron chi connectivity index (χ1n) is 6.28. The van der Waals surface area contributed by atoms with E-state index >= 15 is 0 Å². The van der Waals surface area contributed by atoms with Crippen molar-refractivity contribution < 1.29 is 19.4 Å². The summed E-state index contributed by atoms with van der Waals surface area (Å²) in [6.07, 6.45) is 0.